The average Bonchev–Trinajstić information content (AvgIpc) is 2.53. The molecule has 0 atom stereocenters. The maximum absolute atomic E-state index is 12.1. The van der Waals surface area contributed by atoms with E-state index in [1.165, 1.54) is 0 Å². The van der Waals surface area contributed by atoms with Gasteiger partial charge in [-0.15, -0.1) is 0 Å². The van der Waals surface area contributed by atoms with Crippen molar-refractivity contribution in [1.82, 2.24) is 9.80 Å². The number of amides is 1. The van der Waals surface area contributed by atoms with Crippen LogP contribution in [0.1, 0.15) is 0 Å². The number of carbonyl (C=O) groups excluding carboxylic acids is 1. The first-order valence-electron chi connectivity index (χ1n) is 6.74. The molecule has 0 saturated carbocycles. The zero-order valence-electron chi connectivity index (χ0n) is 12.0. The lowest BCUT2D eigenvalue weighted by atomic mass is 10.3. The van der Waals surface area contributed by atoms with E-state index in [4.69, 9.17) is 20.6 Å². The van der Waals surface area contributed by atoms with Crippen LogP contribution in [0.2, 0.25) is 0 Å². The van der Waals surface area contributed by atoms with Gasteiger partial charge in [-0.25, -0.2) is 0 Å². The van der Waals surface area contributed by atoms with E-state index in [2.05, 4.69) is 0 Å². The van der Waals surface area contributed by atoms with Gasteiger partial charge in [-0.2, -0.15) is 0 Å². The Hall–Kier alpha value is -2.44. The smallest absolute Gasteiger partial charge is 0.260 e. The largest absolute Gasteiger partial charge is 0.497 e. The van der Waals surface area contributed by atoms with Crippen LogP contribution in [0.15, 0.2) is 24.3 Å². The Kier molecular flexibility index (Phi) is 4.86. The summed E-state index contributed by atoms with van der Waals surface area (Å²) in [5.74, 6) is 1.27. The third-order valence-corrected chi connectivity index (χ3v) is 3.38. The lowest BCUT2D eigenvalue weighted by molar-refractivity contribution is -0.134. The maximum atomic E-state index is 12.1. The summed E-state index contributed by atoms with van der Waals surface area (Å²) in [6.07, 6.45) is 0. The van der Waals surface area contributed by atoms with Crippen LogP contribution in [0.25, 0.3) is 0 Å². The average molecular weight is 292 g/mol. The van der Waals surface area contributed by atoms with Crippen LogP contribution in [-0.2, 0) is 4.79 Å². The number of benzene rings is 1. The van der Waals surface area contributed by atoms with E-state index in [0.29, 0.717) is 37.7 Å². The first-order valence-corrected chi connectivity index (χ1v) is 6.74. The van der Waals surface area contributed by atoms with Crippen molar-refractivity contribution >= 4 is 11.9 Å². The number of nitrogens with one attached hydrogen (secondary N) is 1. The van der Waals surface area contributed by atoms with Crippen molar-refractivity contribution in [3.05, 3.63) is 24.3 Å². The van der Waals surface area contributed by atoms with Crippen LogP contribution >= 0.6 is 0 Å². The SMILES string of the molecule is COc1cccc(OCC(=O)N2CCN(C(=N)N)CC2)c1. The fraction of sp³-hybridized carbons (Fsp3) is 0.429. The first-order chi connectivity index (χ1) is 10.1. The fourth-order valence-electron chi connectivity index (χ4n) is 2.12. The highest BCUT2D eigenvalue weighted by molar-refractivity contribution is 5.79. The van der Waals surface area contributed by atoms with Crippen molar-refractivity contribution in [2.75, 3.05) is 39.9 Å². The molecule has 114 valence electrons. The van der Waals surface area contributed by atoms with Crippen LogP contribution in [0.3, 0.4) is 0 Å². The highest BCUT2D eigenvalue weighted by atomic mass is 16.5. The van der Waals surface area contributed by atoms with E-state index in [1.54, 1.807) is 29.0 Å². The van der Waals surface area contributed by atoms with Crippen molar-refractivity contribution in [3.8, 4) is 11.5 Å². The van der Waals surface area contributed by atoms with E-state index in [1.807, 2.05) is 12.1 Å². The Bertz CT molecular complexity index is 513. The summed E-state index contributed by atoms with van der Waals surface area (Å²) < 4.78 is 10.6. The van der Waals surface area contributed by atoms with Gasteiger partial charge in [-0.3, -0.25) is 10.2 Å². The normalized spacial score (nSPS) is 14.7. The number of hydrogen-bond donors (Lipinski definition) is 2. The molecule has 1 aromatic carbocycles. The number of nitrogens with two attached hydrogens (primary N) is 1. The Balaban J connectivity index is 1.81. The molecule has 1 amide bonds. The molecule has 1 fully saturated rings. The molecule has 7 heteroatoms. The zero-order valence-corrected chi connectivity index (χ0v) is 12.0. The highest BCUT2D eigenvalue weighted by Crippen LogP contribution is 2.18. The summed E-state index contributed by atoms with van der Waals surface area (Å²) in [6.45, 7) is 2.27. The molecule has 0 aliphatic carbocycles. The molecule has 1 aliphatic heterocycles. The second-order valence-corrected chi connectivity index (χ2v) is 4.72. The molecule has 1 saturated heterocycles. The van der Waals surface area contributed by atoms with E-state index in [0.717, 1.165) is 0 Å². The molecule has 21 heavy (non-hydrogen) atoms. The number of nitrogens with zero attached hydrogens (tertiary/aromatic N) is 2. The number of hydrogen-bond acceptors (Lipinski definition) is 4. The van der Waals surface area contributed by atoms with E-state index in [9.17, 15) is 4.79 Å². The minimum Gasteiger partial charge on any atom is -0.497 e. The van der Waals surface area contributed by atoms with Crippen molar-refractivity contribution in [2.45, 2.75) is 0 Å². The van der Waals surface area contributed by atoms with Gasteiger partial charge in [0.05, 0.1) is 7.11 Å². The summed E-state index contributed by atoms with van der Waals surface area (Å²) in [7, 11) is 1.58. The maximum Gasteiger partial charge on any atom is 0.260 e. The van der Waals surface area contributed by atoms with E-state index >= 15 is 0 Å². The molecular weight excluding hydrogens is 272 g/mol. The van der Waals surface area contributed by atoms with Gasteiger partial charge < -0.3 is 25.0 Å². The standard InChI is InChI=1S/C14H20N4O3/c1-20-11-3-2-4-12(9-11)21-10-13(19)17-5-7-18(8-6-17)14(15)16/h2-4,9H,5-8,10H2,1H3,(H3,15,16). The molecule has 1 aliphatic rings. The molecular formula is C14H20N4O3. The zero-order chi connectivity index (χ0) is 15.2. The topological polar surface area (TPSA) is 91.9 Å². The molecule has 0 bridgehead atoms. The molecule has 0 spiro atoms. The van der Waals surface area contributed by atoms with Gasteiger partial charge >= 0.3 is 0 Å². The Morgan fingerprint density at radius 2 is 1.86 bits per heavy atom. The first kappa shape index (κ1) is 15.0. The molecule has 7 nitrogen and oxygen atoms in total. The molecule has 0 aromatic heterocycles. The van der Waals surface area contributed by atoms with Crippen LogP contribution in [0.5, 0.6) is 11.5 Å². The molecule has 0 radical (unpaired) electrons. The summed E-state index contributed by atoms with van der Waals surface area (Å²) in [6, 6.07) is 7.14. The van der Waals surface area contributed by atoms with Gasteiger partial charge in [0.15, 0.2) is 12.6 Å². The molecule has 3 N–H and O–H groups in total. The Morgan fingerprint density at radius 1 is 1.24 bits per heavy atom. The van der Waals surface area contributed by atoms with Crippen molar-refractivity contribution < 1.29 is 14.3 Å². The van der Waals surface area contributed by atoms with E-state index in [-0.39, 0.29) is 18.5 Å². The fourth-order valence-corrected chi connectivity index (χ4v) is 2.12. The van der Waals surface area contributed by atoms with Gasteiger partial charge in [-0.1, -0.05) is 6.07 Å². The highest BCUT2D eigenvalue weighted by Gasteiger charge is 2.21. The minimum atomic E-state index is -0.0685. The number of ether oxygens (including phenoxy) is 2. The van der Waals surface area contributed by atoms with E-state index < -0.39 is 0 Å². The lowest BCUT2D eigenvalue weighted by Crippen LogP contribution is -2.53. The summed E-state index contributed by atoms with van der Waals surface area (Å²) in [4.78, 5) is 15.5. The second-order valence-electron chi connectivity index (χ2n) is 4.72. The number of guanidine groups is 1. The van der Waals surface area contributed by atoms with Crippen LogP contribution < -0.4 is 15.2 Å². The molecule has 0 unspecified atom stereocenters. The molecule has 2 rings (SSSR count). The minimum absolute atomic E-state index is 0.00671. The summed E-state index contributed by atoms with van der Waals surface area (Å²) >= 11 is 0. The Labute approximate surface area is 123 Å². The monoisotopic (exact) mass is 292 g/mol. The van der Waals surface area contributed by atoms with Crippen molar-refractivity contribution in [2.24, 2.45) is 5.73 Å². The number of carbonyl (C=O) groups is 1. The summed E-state index contributed by atoms with van der Waals surface area (Å²) in [5, 5.41) is 7.36. The third-order valence-electron chi connectivity index (χ3n) is 3.38. The van der Waals surface area contributed by atoms with Gasteiger partial charge in [0.25, 0.3) is 5.91 Å². The number of rotatable bonds is 4. The molecule has 1 heterocycles. The van der Waals surface area contributed by atoms with Gasteiger partial charge in [0.1, 0.15) is 11.5 Å². The van der Waals surface area contributed by atoms with Crippen LogP contribution in [0, 0.1) is 5.41 Å². The number of methoxy groups -OCH3 is 1. The summed E-state index contributed by atoms with van der Waals surface area (Å²) in [5.41, 5.74) is 5.42. The van der Waals surface area contributed by atoms with Gasteiger partial charge in [0, 0.05) is 32.2 Å². The van der Waals surface area contributed by atoms with Crippen molar-refractivity contribution in [3.63, 3.8) is 0 Å². The predicted octanol–water partition coefficient (Wildman–Crippen LogP) is 0.112. The Morgan fingerprint density at radius 3 is 2.48 bits per heavy atom. The van der Waals surface area contributed by atoms with Crippen LogP contribution in [-0.4, -0.2) is 61.6 Å². The van der Waals surface area contributed by atoms with Crippen LogP contribution in [0.4, 0.5) is 0 Å². The van der Waals surface area contributed by atoms with Gasteiger partial charge in [-0.05, 0) is 12.1 Å². The third kappa shape index (κ3) is 4.01. The number of piperazine rings is 1. The van der Waals surface area contributed by atoms with Crippen molar-refractivity contribution in [1.29, 1.82) is 5.41 Å². The lowest BCUT2D eigenvalue weighted by Gasteiger charge is -2.34. The van der Waals surface area contributed by atoms with Gasteiger partial charge in [0.2, 0.25) is 0 Å². The molecule has 1 aromatic rings. The second kappa shape index (κ2) is 6.83. The quantitative estimate of drug-likeness (QED) is 0.607. The predicted molar refractivity (Wildman–Crippen MR) is 78.6 cm³/mol.